The molecule has 0 aliphatic carbocycles. The third-order valence-electron chi connectivity index (χ3n) is 2.68. The van der Waals surface area contributed by atoms with Gasteiger partial charge in [0.25, 0.3) is 0 Å². The van der Waals surface area contributed by atoms with Gasteiger partial charge in [-0.25, -0.2) is 0 Å². The molecule has 3 nitrogen and oxygen atoms in total. The van der Waals surface area contributed by atoms with E-state index in [1.165, 1.54) is 0 Å². The molecule has 2 atom stereocenters. The second-order valence-electron chi connectivity index (χ2n) is 3.66. The summed E-state index contributed by atoms with van der Waals surface area (Å²) in [6, 6.07) is -0.278. The van der Waals surface area contributed by atoms with Gasteiger partial charge in [-0.15, -0.1) is 6.58 Å². The molecular formula is C10H17NO2. The van der Waals surface area contributed by atoms with E-state index in [1.54, 1.807) is 0 Å². The highest BCUT2D eigenvalue weighted by atomic mass is 16.4. The van der Waals surface area contributed by atoms with Crippen molar-refractivity contribution in [3.05, 3.63) is 12.7 Å². The first kappa shape index (κ1) is 10.3. The lowest BCUT2D eigenvalue weighted by molar-refractivity contribution is -0.143. The molecule has 3 heteroatoms. The molecule has 1 fully saturated rings. The minimum absolute atomic E-state index is 0.278. The molecule has 2 unspecified atom stereocenters. The van der Waals surface area contributed by atoms with Gasteiger partial charge in [-0.3, -0.25) is 9.69 Å². The molecule has 1 aliphatic heterocycles. The lowest BCUT2D eigenvalue weighted by Gasteiger charge is -2.22. The number of carboxylic acids is 1. The van der Waals surface area contributed by atoms with Crippen molar-refractivity contribution in [3.63, 3.8) is 0 Å². The first-order valence-corrected chi connectivity index (χ1v) is 4.74. The molecule has 0 saturated carbocycles. The Morgan fingerprint density at radius 2 is 2.46 bits per heavy atom. The Morgan fingerprint density at radius 3 is 3.00 bits per heavy atom. The standard InChI is InChI=1S/C10H17NO2/c1-3-4-6-11-7-5-8(2)9(11)10(12)13/h3,8-9H,1,4-7H2,2H3,(H,12,13). The molecule has 0 aromatic carbocycles. The van der Waals surface area contributed by atoms with Gasteiger partial charge in [-0.05, 0) is 25.3 Å². The highest BCUT2D eigenvalue weighted by Crippen LogP contribution is 2.23. The van der Waals surface area contributed by atoms with Gasteiger partial charge in [-0.1, -0.05) is 13.0 Å². The van der Waals surface area contributed by atoms with Crippen LogP contribution in [0.5, 0.6) is 0 Å². The van der Waals surface area contributed by atoms with Crippen LogP contribution < -0.4 is 0 Å². The maximum absolute atomic E-state index is 10.9. The Morgan fingerprint density at radius 1 is 1.77 bits per heavy atom. The molecule has 0 aromatic rings. The van der Waals surface area contributed by atoms with Gasteiger partial charge in [0, 0.05) is 6.54 Å². The zero-order valence-corrected chi connectivity index (χ0v) is 8.07. The molecule has 1 aliphatic rings. The van der Waals surface area contributed by atoms with E-state index in [1.807, 2.05) is 17.9 Å². The third kappa shape index (κ3) is 2.31. The number of likely N-dealkylation sites (tertiary alicyclic amines) is 1. The predicted octanol–water partition coefficient (Wildman–Crippen LogP) is 1.36. The van der Waals surface area contributed by atoms with Crippen LogP contribution in [0.15, 0.2) is 12.7 Å². The van der Waals surface area contributed by atoms with E-state index in [-0.39, 0.29) is 12.0 Å². The van der Waals surface area contributed by atoms with Crippen LogP contribution in [0.3, 0.4) is 0 Å². The van der Waals surface area contributed by atoms with Crippen LogP contribution in [0.25, 0.3) is 0 Å². The normalized spacial score (nSPS) is 29.0. The van der Waals surface area contributed by atoms with Crippen molar-refractivity contribution in [2.45, 2.75) is 25.8 Å². The largest absolute Gasteiger partial charge is 0.480 e. The van der Waals surface area contributed by atoms with E-state index in [4.69, 9.17) is 5.11 Å². The summed E-state index contributed by atoms with van der Waals surface area (Å²) < 4.78 is 0. The van der Waals surface area contributed by atoms with Gasteiger partial charge in [0.2, 0.25) is 0 Å². The summed E-state index contributed by atoms with van der Waals surface area (Å²) >= 11 is 0. The summed E-state index contributed by atoms with van der Waals surface area (Å²) in [5.41, 5.74) is 0. The van der Waals surface area contributed by atoms with Crippen LogP contribution in [-0.4, -0.2) is 35.1 Å². The monoisotopic (exact) mass is 183 g/mol. The molecular weight excluding hydrogens is 166 g/mol. The van der Waals surface area contributed by atoms with Gasteiger partial charge in [0.15, 0.2) is 0 Å². The molecule has 13 heavy (non-hydrogen) atoms. The minimum atomic E-state index is -0.686. The Hall–Kier alpha value is -0.830. The van der Waals surface area contributed by atoms with Crippen LogP contribution in [-0.2, 0) is 4.79 Å². The van der Waals surface area contributed by atoms with Gasteiger partial charge in [-0.2, -0.15) is 0 Å². The van der Waals surface area contributed by atoms with Crippen LogP contribution in [0.2, 0.25) is 0 Å². The van der Waals surface area contributed by atoms with Crippen molar-refractivity contribution in [1.82, 2.24) is 4.90 Å². The van der Waals surface area contributed by atoms with Crippen molar-refractivity contribution < 1.29 is 9.90 Å². The average Bonchev–Trinajstić information content (AvgIpc) is 2.43. The van der Waals surface area contributed by atoms with Gasteiger partial charge in [0.1, 0.15) is 6.04 Å². The first-order valence-electron chi connectivity index (χ1n) is 4.74. The van der Waals surface area contributed by atoms with E-state index in [2.05, 4.69) is 6.58 Å². The van der Waals surface area contributed by atoms with Gasteiger partial charge in [0.05, 0.1) is 0 Å². The summed E-state index contributed by atoms with van der Waals surface area (Å²) in [5.74, 6) is -0.406. The summed E-state index contributed by atoms with van der Waals surface area (Å²) in [7, 11) is 0. The minimum Gasteiger partial charge on any atom is -0.480 e. The van der Waals surface area contributed by atoms with E-state index in [0.717, 1.165) is 25.9 Å². The maximum Gasteiger partial charge on any atom is 0.321 e. The van der Waals surface area contributed by atoms with Crippen molar-refractivity contribution in [3.8, 4) is 0 Å². The molecule has 1 N–H and O–H groups in total. The summed E-state index contributed by atoms with van der Waals surface area (Å²) in [5, 5.41) is 8.99. The lowest BCUT2D eigenvalue weighted by Crippen LogP contribution is -2.39. The van der Waals surface area contributed by atoms with Crippen LogP contribution in [0.4, 0.5) is 0 Å². The van der Waals surface area contributed by atoms with Crippen molar-refractivity contribution in [2.24, 2.45) is 5.92 Å². The van der Waals surface area contributed by atoms with Gasteiger partial charge < -0.3 is 5.11 Å². The highest BCUT2D eigenvalue weighted by molar-refractivity contribution is 5.74. The molecule has 74 valence electrons. The Kier molecular flexibility index (Phi) is 3.48. The highest BCUT2D eigenvalue weighted by Gasteiger charge is 2.35. The van der Waals surface area contributed by atoms with Crippen LogP contribution >= 0.6 is 0 Å². The fourth-order valence-corrected chi connectivity index (χ4v) is 1.93. The van der Waals surface area contributed by atoms with E-state index in [0.29, 0.717) is 0 Å². The topological polar surface area (TPSA) is 40.5 Å². The molecule has 1 saturated heterocycles. The molecule has 0 aromatic heterocycles. The third-order valence-corrected chi connectivity index (χ3v) is 2.68. The summed E-state index contributed by atoms with van der Waals surface area (Å²) in [4.78, 5) is 13.0. The lowest BCUT2D eigenvalue weighted by atomic mass is 10.0. The predicted molar refractivity (Wildman–Crippen MR) is 51.6 cm³/mol. The number of nitrogens with zero attached hydrogens (tertiary/aromatic N) is 1. The zero-order valence-electron chi connectivity index (χ0n) is 8.07. The van der Waals surface area contributed by atoms with Crippen molar-refractivity contribution in [2.75, 3.05) is 13.1 Å². The maximum atomic E-state index is 10.9. The number of hydrogen-bond donors (Lipinski definition) is 1. The molecule has 0 amide bonds. The Bertz CT molecular complexity index is 203. The zero-order chi connectivity index (χ0) is 9.84. The smallest absolute Gasteiger partial charge is 0.321 e. The Balaban J connectivity index is 2.53. The summed E-state index contributed by atoms with van der Waals surface area (Å²) in [6.45, 7) is 7.38. The second-order valence-corrected chi connectivity index (χ2v) is 3.66. The van der Waals surface area contributed by atoms with Gasteiger partial charge >= 0.3 is 5.97 Å². The van der Waals surface area contributed by atoms with E-state index < -0.39 is 5.97 Å². The summed E-state index contributed by atoms with van der Waals surface area (Å²) in [6.07, 6.45) is 3.70. The number of rotatable bonds is 4. The van der Waals surface area contributed by atoms with Crippen molar-refractivity contribution in [1.29, 1.82) is 0 Å². The molecule has 0 spiro atoms. The molecule has 1 rings (SSSR count). The molecule has 0 radical (unpaired) electrons. The molecule has 0 bridgehead atoms. The van der Waals surface area contributed by atoms with E-state index in [9.17, 15) is 4.79 Å². The fraction of sp³-hybridized carbons (Fsp3) is 0.700. The number of aliphatic carboxylic acids is 1. The van der Waals surface area contributed by atoms with Crippen LogP contribution in [0, 0.1) is 5.92 Å². The SMILES string of the molecule is C=CCCN1CCC(C)C1C(=O)O. The van der Waals surface area contributed by atoms with Crippen molar-refractivity contribution >= 4 is 5.97 Å². The van der Waals surface area contributed by atoms with Crippen LogP contribution in [0.1, 0.15) is 19.8 Å². The fourth-order valence-electron chi connectivity index (χ4n) is 1.93. The second kappa shape index (κ2) is 4.42. The average molecular weight is 183 g/mol. The molecule has 1 heterocycles. The Labute approximate surface area is 79.0 Å². The number of carboxylic acid groups (broad SMARTS) is 1. The quantitative estimate of drug-likeness (QED) is 0.669. The van der Waals surface area contributed by atoms with E-state index >= 15 is 0 Å². The first-order chi connectivity index (χ1) is 6.16. The number of carbonyl (C=O) groups is 1. The number of hydrogen-bond acceptors (Lipinski definition) is 2.